The summed E-state index contributed by atoms with van der Waals surface area (Å²) in [6.07, 6.45) is 0. The van der Waals surface area contributed by atoms with Gasteiger partial charge >= 0.3 is 0 Å². The Kier molecular flexibility index (Phi) is 6.52. The zero-order valence-corrected chi connectivity index (χ0v) is 16.2. The van der Waals surface area contributed by atoms with E-state index in [1.165, 1.54) is 4.31 Å². The van der Waals surface area contributed by atoms with Gasteiger partial charge in [-0.1, -0.05) is 32.0 Å². The number of thiocarbonyl (C=S) groups is 1. The highest BCUT2D eigenvalue weighted by Gasteiger charge is 2.21. The number of aryl methyl sites for hydroxylation is 1. The monoisotopic (exact) mass is 377 g/mol. The second kappa shape index (κ2) is 8.42. The van der Waals surface area contributed by atoms with Crippen molar-refractivity contribution in [3.05, 3.63) is 54.1 Å². The van der Waals surface area contributed by atoms with Gasteiger partial charge in [-0.15, -0.1) is 0 Å². The molecular formula is C18H23N3O2S2. The highest BCUT2D eigenvalue weighted by Crippen LogP contribution is 2.20. The fourth-order valence-electron chi connectivity index (χ4n) is 2.46. The van der Waals surface area contributed by atoms with Crippen molar-refractivity contribution in [1.29, 1.82) is 0 Å². The van der Waals surface area contributed by atoms with Crippen molar-refractivity contribution in [2.24, 2.45) is 0 Å². The van der Waals surface area contributed by atoms with E-state index in [9.17, 15) is 8.42 Å². The second-order valence-electron chi connectivity index (χ2n) is 5.57. The van der Waals surface area contributed by atoms with Gasteiger partial charge in [0.25, 0.3) is 0 Å². The summed E-state index contributed by atoms with van der Waals surface area (Å²) in [5.41, 5.74) is 2.63. The number of anilines is 2. The van der Waals surface area contributed by atoms with Crippen molar-refractivity contribution in [1.82, 2.24) is 4.31 Å². The van der Waals surface area contributed by atoms with Gasteiger partial charge in [-0.05, 0) is 55.0 Å². The first kappa shape index (κ1) is 19.4. The maximum Gasteiger partial charge on any atom is 0.243 e. The average Bonchev–Trinajstić information content (AvgIpc) is 2.56. The fourth-order valence-corrected chi connectivity index (χ4v) is 4.20. The first-order valence-corrected chi connectivity index (χ1v) is 9.96. The van der Waals surface area contributed by atoms with Gasteiger partial charge in [0.2, 0.25) is 10.0 Å². The molecule has 0 unspecified atom stereocenters. The van der Waals surface area contributed by atoms with Gasteiger partial charge in [0.05, 0.1) is 4.90 Å². The summed E-state index contributed by atoms with van der Waals surface area (Å²) in [5, 5.41) is 6.54. The molecular weight excluding hydrogens is 354 g/mol. The molecule has 0 heterocycles. The molecule has 0 atom stereocenters. The lowest BCUT2D eigenvalue weighted by molar-refractivity contribution is 0.445. The Morgan fingerprint density at radius 3 is 2.12 bits per heavy atom. The lowest BCUT2D eigenvalue weighted by Gasteiger charge is -2.19. The highest BCUT2D eigenvalue weighted by atomic mass is 32.2. The maximum absolute atomic E-state index is 12.6. The summed E-state index contributed by atoms with van der Waals surface area (Å²) in [6, 6.07) is 14.5. The van der Waals surface area contributed by atoms with Gasteiger partial charge < -0.3 is 10.6 Å². The van der Waals surface area contributed by atoms with Crippen LogP contribution >= 0.6 is 12.2 Å². The number of nitrogens with zero attached hydrogens (tertiary/aromatic N) is 1. The molecule has 0 bridgehead atoms. The van der Waals surface area contributed by atoms with E-state index in [1.807, 2.05) is 45.0 Å². The van der Waals surface area contributed by atoms with Crippen LogP contribution in [0.5, 0.6) is 0 Å². The minimum Gasteiger partial charge on any atom is -0.332 e. The molecule has 2 aromatic rings. The van der Waals surface area contributed by atoms with Crippen LogP contribution in [0.3, 0.4) is 0 Å². The smallest absolute Gasteiger partial charge is 0.243 e. The summed E-state index contributed by atoms with van der Waals surface area (Å²) in [7, 11) is -3.49. The predicted molar refractivity (Wildman–Crippen MR) is 108 cm³/mol. The molecule has 5 nitrogen and oxygen atoms in total. The number of rotatable bonds is 6. The third-order valence-corrected chi connectivity index (χ3v) is 5.96. The normalized spacial score (nSPS) is 11.4. The fraction of sp³-hybridized carbons (Fsp3) is 0.278. The topological polar surface area (TPSA) is 61.4 Å². The largest absolute Gasteiger partial charge is 0.332 e. The van der Waals surface area contributed by atoms with Gasteiger partial charge in [0.15, 0.2) is 5.11 Å². The van der Waals surface area contributed by atoms with Gasteiger partial charge in [0.1, 0.15) is 0 Å². The van der Waals surface area contributed by atoms with E-state index in [0.29, 0.717) is 23.9 Å². The quantitative estimate of drug-likeness (QED) is 0.749. The highest BCUT2D eigenvalue weighted by molar-refractivity contribution is 7.89. The van der Waals surface area contributed by atoms with E-state index in [2.05, 4.69) is 10.6 Å². The zero-order chi connectivity index (χ0) is 18.4. The lowest BCUT2D eigenvalue weighted by Crippen LogP contribution is -2.30. The Bertz CT molecular complexity index is 847. The van der Waals surface area contributed by atoms with E-state index in [-0.39, 0.29) is 4.90 Å². The Balaban J connectivity index is 2.15. The molecule has 7 heteroatoms. The van der Waals surface area contributed by atoms with Gasteiger partial charge in [-0.2, -0.15) is 4.31 Å². The SMILES string of the molecule is CCN(CC)S(=O)(=O)c1cccc(NC(=S)Nc2cccc(C)c2)c1. The van der Waals surface area contributed by atoms with Crippen molar-refractivity contribution >= 4 is 38.7 Å². The summed E-state index contributed by atoms with van der Waals surface area (Å²) in [5.74, 6) is 0. The Morgan fingerprint density at radius 1 is 1.00 bits per heavy atom. The molecule has 0 amide bonds. The molecule has 0 aromatic heterocycles. The molecule has 0 aliphatic heterocycles. The Labute approximate surface area is 155 Å². The molecule has 2 aromatic carbocycles. The molecule has 2 N–H and O–H groups in total. The van der Waals surface area contributed by atoms with Gasteiger partial charge in [0, 0.05) is 24.5 Å². The zero-order valence-electron chi connectivity index (χ0n) is 14.6. The minimum absolute atomic E-state index is 0.250. The molecule has 2 rings (SSSR count). The third kappa shape index (κ3) is 5.01. The first-order valence-electron chi connectivity index (χ1n) is 8.11. The second-order valence-corrected chi connectivity index (χ2v) is 7.91. The van der Waals surface area contributed by atoms with E-state index in [4.69, 9.17) is 12.2 Å². The summed E-state index contributed by atoms with van der Waals surface area (Å²) < 4.78 is 26.6. The summed E-state index contributed by atoms with van der Waals surface area (Å²) >= 11 is 5.31. The molecule has 0 saturated carbocycles. The first-order chi connectivity index (χ1) is 11.9. The number of nitrogens with one attached hydrogen (secondary N) is 2. The molecule has 0 saturated heterocycles. The summed E-state index contributed by atoms with van der Waals surface area (Å²) in [4.78, 5) is 0.250. The maximum atomic E-state index is 12.6. The molecule has 0 fully saturated rings. The van der Waals surface area contributed by atoms with E-state index >= 15 is 0 Å². The third-order valence-electron chi connectivity index (χ3n) is 3.71. The van der Waals surface area contributed by atoms with Crippen LogP contribution in [0.15, 0.2) is 53.4 Å². The van der Waals surface area contributed by atoms with Crippen LogP contribution in [0.4, 0.5) is 11.4 Å². The Hall–Kier alpha value is -1.96. The number of sulfonamides is 1. The molecule has 0 spiro atoms. The van der Waals surface area contributed by atoms with E-state index in [0.717, 1.165) is 11.3 Å². The molecule has 0 aliphatic rings. The lowest BCUT2D eigenvalue weighted by atomic mass is 10.2. The van der Waals surface area contributed by atoms with Crippen LogP contribution in [-0.4, -0.2) is 30.9 Å². The number of hydrogen-bond acceptors (Lipinski definition) is 3. The van der Waals surface area contributed by atoms with Gasteiger partial charge in [-0.25, -0.2) is 8.42 Å². The summed E-state index contributed by atoms with van der Waals surface area (Å²) in [6.45, 7) is 6.52. The van der Waals surface area contributed by atoms with E-state index in [1.54, 1.807) is 24.3 Å². The van der Waals surface area contributed by atoms with Crippen LogP contribution in [-0.2, 0) is 10.0 Å². The number of hydrogen-bond donors (Lipinski definition) is 2. The Morgan fingerprint density at radius 2 is 1.56 bits per heavy atom. The van der Waals surface area contributed by atoms with Crippen LogP contribution in [0.1, 0.15) is 19.4 Å². The number of benzene rings is 2. The average molecular weight is 378 g/mol. The molecule has 0 aliphatic carbocycles. The molecule has 134 valence electrons. The van der Waals surface area contributed by atoms with Crippen LogP contribution in [0.2, 0.25) is 0 Å². The van der Waals surface area contributed by atoms with Crippen LogP contribution in [0.25, 0.3) is 0 Å². The van der Waals surface area contributed by atoms with Crippen LogP contribution < -0.4 is 10.6 Å². The van der Waals surface area contributed by atoms with Gasteiger partial charge in [-0.3, -0.25) is 0 Å². The predicted octanol–water partition coefficient (Wildman–Crippen LogP) is 3.83. The molecule has 0 radical (unpaired) electrons. The van der Waals surface area contributed by atoms with Crippen molar-refractivity contribution in [2.75, 3.05) is 23.7 Å². The van der Waals surface area contributed by atoms with Crippen molar-refractivity contribution in [2.45, 2.75) is 25.7 Å². The van der Waals surface area contributed by atoms with E-state index < -0.39 is 10.0 Å². The van der Waals surface area contributed by atoms with Crippen molar-refractivity contribution in [3.63, 3.8) is 0 Å². The van der Waals surface area contributed by atoms with Crippen molar-refractivity contribution in [3.8, 4) is 0 Å². The van der Waals surface area contributed by atoms with Crippen molar-refractivity contribution < 1.29 is 8.42 Å². The van der Waals surface area contributed by atoms with Crippen LogP contribution in [0, 0.1) is 6.92 Å². The minimum atomic E-state index is -3.49. The standard InChI is InChI=1S/C18H23N3O2S2/c1-4-21(5-2)25(22,23)17-11-7-10-16(13-17)20-18(24)19-15-9-6-8-14(3)12-15/h6-13H,4-5H2,1-3H3,(H2,19,20,24). The molecule has 25 heavy (non-hydrogen) atoms.